The standard InChI is InChI=1S/C16H28N2O3/c1-6-18(7-2)9-11-21-10-8-17-13-12(16(3,4)5)14(19)15(13)20/h17H,6-11H2,1-5H3. The van der Waals surface area contributed by atoms with E-state index >= 15 is 0 Å². The van der Waals surface area contributed by atoms with Gasteiger partial charge >= 0.3 is 0 Å². The van der Waals surface area contributed by atoms with Gasteiger partial charge in [0.25, 0.3) is 0 Å². The Morgan fingerprint density at radius 2 is 1.67 bits per heavy atom. The van der Waals surface area contributed by atoms with E-state index in [1.54, 1.807) is 0 Å². The Kier molecular flexibility index (Phi) is 6.55. The van der Waals surface area contributed by atoms with Gasteiger partial charge in [-0.05, 0) is 18.5 Å². The number of ether oxygens (including phenoxy) is 1. The molecule has 1 aromatic rings. The molecule has 0 saturated heterocycles. The number of rotatable bonds is 9. The minimum Gasteiger partial charge on any atom is -0.379 e. The summed E-state index contributed by atoms with van der Waals surface area (Å²) in [4.78, 5) is 25.5. The molecule has 1 rings (SSSR count). The zero-order valence-corrected chi connectivity index (χ0v) is 13.9. The molecule has 0 unspecified atom stereocenters. The molecule has 21 heavy (non-hydrogen) atoms. The van der Waals surface area contributed by atoms with E-state index in [2.05, 4.69) is 24.1 Å². The van der Waals surface area contributed by atoms with Crippen molar-refractivity contribution in [3.63, 3.8) is 0 Å². The molecule has 0 amide bonds. The number of nitrogens with one attached hydrogen (secondary N) is 1. The van der Waals surface area contributed by atoms with Gasteiger partial charge in [-0.3, -0.25) is 9.59 Å². The lowest BCUT2D eigenvalue weighted by atomic mass is 9.82. The quantitative estimate of drug-likeness (QED) is 0.550. The molecular weight excluding hydrogens is 268 g/mol. The maximum atomic E-state index is 11.6. The highest BCUT2D eigenvalue weighted by Crippen LogP contribution is 2.25. The van der Waals surface area contributed by atoms with Gasteiger partial charge in [-0.15, -0.1) is 0 Å². The average Bonchev–Trinajstić information content (AvgIpc) is 2.43. The second-order valence-corrected chi connectivity index (χ2v) is 6.22. The van der Waals surface area contributed by atoms with Gasteiger partial charge in [0, 0.05) is 18.7 Å². The van der Waals surface area contributed by atoms with Gasteiger partial charge in [-0.25, -0.2) is 0 Å². The second kappa shape index (κ2) is 7.71. The maximum absolute atomic E-state index is 11.6. The highest BCUT2D eigenvalue weighted by atomic mass is 16.5. The molecule has 1 aromatic carbocycles. The van der Waals surface area contributed by atoms with E-state index in [1.165, 1.54) is 0 Å². The van der Waals surface area contributed by atoms with Gasteiger partial charge in [0.15, 0.2) is 0 Å². The van der Waals surface area contributed by atoms with Crippen LogP contribution in [-0.4, -0.2) is 44.3 Å². The van der Waals surface area contributed by atoms with Gasteiger partial charge < -0.3 is 15.0 Å². The Bertz CT molecular complexity index is 506. The first kappa shape index (κ1) is 17.9. The van der Waals surface area contributed by atoms with Crippen LogP contribution in [-0.2, 0) is 10.2 Å². The molecule has 0 heterocycles. The molecule has 0 saturated carbocycles. The lowest BCUT2D eigenvalue weighted by molar-refractivity contribution is 0.114. The van der Waals surface area contributed by atoms with Gasteiger partial charge in [-0.1, -0.05) is 34.6 Å². The first-order valence-corrected chi connectivity index (χ1v) is 7.70. The number of hydrogen-bond acceptors (Lipinski definition) is 5. The number of nitrogens with zero attached hydrogens (tertiary/aromatic N) is 1. The van der Waals surface area contributed by atoms with E-state index in [1.807, 2.05) is 20.8 Å². The van der Waals surface area contributed by atoms with E-state index in [0.717, 1.165) is 19.6 Å². The summed E-state index contributed by atoms with van der Waals surface area (Å²) in [6.45, 7) is 14.8. The fourth-order valence-electron chi connectivity index (χ4n) is 2.36. The van der Waals surface area contributed by atoms with Crippen LogP contribution < -0.4 is 16.2 Å². The number of hydrogen-bond donors (Lipinski definition) is 1. The van der Waals surface area contributed by atoms with E-state index < -0.39 is 5.43 Å². The summed E-state index contributed by atoms with van der Waals surface area (Å²) in [5, 5.41) is 3.04. The smallest absolute Gasteiger partial charge is 0.249 e. The van der Waals surface area contributed by atoms with Crippen molar-refractivity contribution in [3.8, 4) is 0 Å². The van der Waals surface area contributed by atoms with E-state index in [0.29, 0.717) is 31.0 Å². The molecule has 5 nitrogen and oxygen atoms in total. The molecule has 120 valence electrons. The largest absolute Gasteiger partial charge is 0.379 e. The summed E-state index contributed by atoms with van der Waals surface area (Å²) in [5.41, 5.74) is 0.0303. The molecule has 0 atom stereocenters. The fourth-order valence-corrected chi connectivity index (χ4v) is 2.36. The third-order valence-corrected chi connectivity index (χ3v) is 3.65. The summed E-state index contributed by atoms with van der Waals surface area (Å²) in [7, 11) is 0. The number of likely N-dealkylation sites (N-methyl/N-ethyl adjacent to an activating group) is 1. The molecular formula is C16H28N2O3. The van der Waals surface area contributed by atoms with Crippen molar-refractivity contribution >= 4 is 5.69 Å². The lowest BCUT2D eigenvalue weighted by Crippen LogP contribution is -2.43. The summed E-state index contributed by atoms with van der Waals surface area (Å²) >= 11 is 0. The van der Waals surface area contributed by atoms with E-state index in [-0.39, 0.29) is 10.8 Å². The third kappa shape index (κ3) is 4.64. The van der Waals surface area contributed by atoms with Gasteiger partial charge in [0.1, 0.15) is 0 Å². The molecule has 0 fully saturated rings. The van der Waals surface area contributed by atoms with Crippen molar-refractivity contribution < 1.29 is 4.74 Å². The Morgan fingerprint density at radius 1 is 1.05 bits per heavy atom. The Hall–Kier alpha value is -1.20. The van der Waals surface area contributed by atoms with Gasteiger partial charge in [0.05, 0.1) is 18.9 Å². The average molecular weight is 296 g/mol. The van der Waals surface area contributed by atoms with Crippen molar-refractivity contribution in [2.75, 3.05) is 44.7 Å². The van der Waals surface area contributed by atoms with Crippen LogP contribution in [0, 0.1) is 0 Å². The normalized spacial score (nSPS) is 12.3. The van der Waals surface area contributed by atoms with Crippen LogP contribution >= 0.6 is 0 Å². The molecule has 0 aromatic heterocycles. The first-order chi connectivity index (χ1) is 9.82. The first-order valence-electron chi connectivity index (χ1n) is 7.70. The maximum Gasteiger partial charge on any atom is 0.249 e. The Labute approximate surface area is 127 Å². The van der Waals surface area contributed by atoms with Crippen LogP contribution in [0.5, 0.6) is 0 Å². The van der Waals surface area contributed by atoms with Crippen LogP contribution in [0.15, 0.2) is 9.59 Å². The van der Waals surface area contributed by atoms with Crippen LogP contribution in [0.4, 0.5) is 5.69 Å². The van der Waals surface area contributed by atoms with E-state index in [4.69, 9.17) is 4.74 Å². The summed E-state index contributed by atoms with van der Waals surface area (Å²) in [6, 6.07) is 0. The minimum atomic E-state index is -0.400. The predicted octanol–water partition coefficient (Wildman–Crippen LogP) is 1.35. The molecule has 5 heteroatoms. The highest BCUT2D eigenvalue weighted by Gasteiger charge is 2.29. The number of anilines is 1. The summed E-state index contributed by atoms with van der Waals surface area (Å²) in [6.07, 6.45) is 0. The molecule has 0 bridgehead atoms. The molecule has 0 aliphatic carbocycles. The summed E-state index contributed by atoms with van der Waals surface area (Å²) in [5.74, 6) is 0. The monoisotopic (exact) mass is 296 g/mol. The van der Waals surface area contributed by atoms with Crippen LogP contribution in [0.3, 0.4) is 0 Å². The van der Waals surface area contributed by atoms with Crippen molar-refractivity contribution in [3.05, 3.63) is 26.0 Å². The topological polar surface area (TPSA) is 58.6 Å². The van der Waals surface area contributed by atoms with Crippen LogP contribution in [0.2, 0.25) is 0 Å². The lowest BCUT2D eigenvalue weighted by Gasteiger charge is -2.24. The van der Waals surface area contributed by atoms with E-state index in [9.17, 15) is 9.59 Å². The van der Waals surface area contributed by atoms with Crippen molar-refractivity contribution in [1.29, 1.82) is 0 Å². The highest BCUT2D eigenvalue weighted by molar-refractivity contribution is 5.59. The van der Waals surface area contributed by atoms with Gasteiger partial charge in [0.2, 0.25) is 10.9 Å². The molecule has 0 aliphatic heterocycles. The zero-order valence-electron chi connectivity index (χ0n) is 13.9. The molecule has 1 N–H and O–H groups in total. The predicted molar refractivity (Wildman–Crippen MR) is 87.2 cm³/mol. The fraction of sp³-hybridized carbons (Fsp3) is 0.750. The van der Waals surface area contributed by atoms with Crippen molar-refractivity contribution in [1.82, 2.24) is 4.90 Å². The van der Waals surface area contributed by atoms with Gasteiger partial charge in [-0.2, -0.15) is 0 Å². The summed E-state index contributed by atoms with van der Waals surface area (Å²) < 4.78 is 5.55. The molecule has 0 radical (unpaired) electrons. The molecule has 0 spiro atoms. The second-order valence-electron chi connectivity index (χ2n) is 6.22. The Balaban J connectivity index is 2.33. The minimum absolute atomic E-state index is 0.295. The van der Waals surface area contributed by atoms with Crippen LogP contribution in [0.1, 0.15) is 40.2 Å². The third-order valence-electron chi connectivity index (χ3n) is 3.65. The molecule has 0 aliphatic rings. The SMILES string of the molecule is CCN(CC)CCOCCNc1c(C(C)(C)C)c(=O)c1=O. The zero-order chi connectivity index (χ0) is 16.0. The Morgan fingerprint density at radius 3 is 2.19 bits per heavy atom. The van der Waals surface area contributed by atoms with Crippen molar-refractivity contribution in [2.45, 2.75) is 40.0 Å². The van der Waals surface area contributed by atoms with Crippen LogP contribution in [0.25, 0.3) is 0 Å². The van der Waals surface area contributed by atoms with Crippen molar-refractivity contribution in [2.24, 2.45) is 0 Å².